The Morgan fingerprint density at radius 2 is 1.58 bits per heavy atom. The molecular formula is C40H65N5O5. The monoisotopic (exact) mass is 695 g/mol. The van der Waals surface area contributed by atoms with Gasteiger partial charge in [0.2, 0.25) is 17.6 Å². The maximum absolute atomic E-state index is 14.9. The van der Waals surface area contributed by atoms with Crippen molar-refractivity contribution in [1.82, 2.24) is 26.2 Å². The highest BCUT2D eigenvalue weighted by Gasteiger charge is 2.64. The third-order valence-corrected chi connectivity index (χ3v) is 12.9. The second kappa shape index (κ2) is 16.2. The van der Waals surface area contributed by atoms with Gasteiger partial charge in [-0.15, -0.1) is 6.58 Å². The van der Waals surface area contributed by atoms with E-state index in [1.54, 1.807) is 4.90 Å². The number of urea groups is 1. The highest BCUT2D eigenvalue weighted by Crippen LogP contribution is 2.66. The molecule has 1 saturated heterocycles. The fourth-order valence-electron chi connectivity index (χ4n) is 9.85. The van der Waals surface area contributed by atoms with Crippen molar-refractivity contribution in [2.24, 2.45) is 28.6 Å². The maximum Gasteiger partial charge on any atom is 0.315 e. The third-order valence-electron chi connectivity index (χ3n) is 12.9. The molecule has 10 nitrogen and oxygen atoms in total. The lowest BCUT2D eigenvalue weighted by atomic mass is 9.75. The van der Waals surface area contributed by atoms with Crippen LogP contribution in [0.15, 0.2) is 12.7 Å². The van der Waals surface area contributed by atoms with Crippen molar-refractivity contribution < 1.29 is 24.0 Å². The van der Waals surface area contributed by atoms with Gasteiger partial charge in [-0.2, -0.15) is 0 Å². The van der Waals surface area contributed by atoms with Crippen molar-refractivity contribution in [1.29, 1.82) is 0 Å². The van der Waals surface area contributed by atoms with Crippen molar-refractivity contribution >= 4 is 29.5 Å². The topological polar surface area (TPSA) is 137 Å². The zero-order valence-electron chi connectivity index (χ0n) is 31.4. The first-order chi connectivity index (χ1) is 23.8. The van der Waals surface area contributed by atoms with Gasteiger partial charge in [0.05, 0.1) is 6.04 Å². The van der Waals surface area contributed by atoms with E-state index in [1.807, 2.05) is 6.92 Å². The predicted octanol–water partition coefficient (Wildman–Crippen LogP) is 5.94. The van der Waals surface area contributed by atoms with Crippen LogP contribution in [0.25, 0.3) is 0 Å². The molecule has 0 aromatic rings. The van der Waals surface area contributed by atoms with Gasteiger partial charge >= 0.3 is 6.03 Å². The molecule has 1 spiro atoms. The van der Waals surface area contributed by atoms with Crippen molar-refractivity contribution in [3.05, 3.63) is 12.7 Å². The lowest BCUT2D eigenvalue weighted by Crippen LogP contribution is -2.61. The van der Waals surface area contributed by atoms with Gasteiger partial charge < -0.3 is 26.2 Å². The molecule has 0 radical (unpaired) electrons. The van der Waals surface area contributed by atoms with Crippen molar-refractivity contribution in [3.8, 4) is 0 Å². The average molecular weight is 696 g/mol. The number of carbonyl (C=O) groups excluding carboxylic acids is 5. The molecule has 0 aromatic carbocycles. The van der Waals surface area contributed by atoms with Gasteiger partial charge in [0.15, 0.2) is 0 Å². The Kier molecular flexibility index (Phi) is 12.4. The standard InChI is InChI=1S/C40H65N5O5/c1-6-14-30(33(46)35(48)41-25-7-2)42-34(47)32-28-17-20-39(22-23-39)29(28)26-45(32)36(49)31(27-15-10-8-11-16-27)43-37(50)44-40(18-12-9-13-19-40)24-21-38(3,4)5/h7,27-32H,2,6,8-26H2,1,3-5H3,(H,41,48)(H,42,47)(H2,43,44,50)/t28-,29-,30?,31-,32-/m0/s1. The van der Waals surface area contributed by atoms with E-state index in [2.05, 4.69) is 48.6 Å². The Balaban J connectivity index is 1.38. The van der Waals surface area contributed by atoms with Crippen LogP contribution in [-0.2, 0) is 19.2 Å². The van der Waals surface area contributed by atoms with E-state index in [4.69, 9.17) is 0 Å². The zero-order chi connectivity index (χ0) is 36.1. The molecule has 50 heavy (non-hydrogen) atoms. The molecule has 1 heterocycles. The van der Waals surface area contributed by atoms with E-state index >= 15 is 0 Å². The molecule has 5 atom stereocenters. The van der Waals surface area contributed by atoms with Crippen LogP contribution in [0, 0.1) is 28.6 Å². The molecule has 4 saturated carbocycles. The summed E-state index contributed by atoms with van der Waals surface area (Å²) in [5, 5.41) is 12.1. The zero-order valence-corrected chi connectivity index (χ0v) is 31.4. The number of rotatable bonds is 14. The largest absolute Gasteiger partial charge is 0.346 e. The van der Waals surface area contributed by atoms with Crippen LogP contribution >= 0.6 is 0 Å². The average Bonchev–Trinajstić information content (AvgIpc) is 3.66. The second-order valence-electron chi connectivity index (χ2n) is 17.7. The van der Waals surface area contributed by atoms with Crippen LogP contribution < -0.4 is 21.3 Å². The Hall–Kier alpha value is -2.91. The van der Waals surface area contributed by atoms with Crippen LogP contribution in [0.3, 0.4) is 0 Å². The van der Waals surface area contributed by atoms with E-state index in [1.165, 1.54) is 12.5 Å². The Bertz CT molecular complexity index is 1260. The lowest BCUT2D eigenvalue weighted by molar-refractivity contribution is -0.144. The molecule has 0 bridgehead atoms. The van der Waals surface area contributed by atoms with E-state index in [9.17, 15) is 24.0 Å². The number of carbonyl (C=O) groups is 5. The van der Waals surface area contributed by atoms with Crippen molar-refractivity contribution in [2.45, 2.75) is 167 Å². The maximum atomic E-state index is 14.9. The first kappa shape index (κ1) is 38.3. The summed E-state index contributed by atoms with van der Waals surface area (Å²) in [5.74, 6) is -1.74. The summed E-state index contributed by atoms with van der Waals surface area (Å²) in [6, 6.07) is -2.70. The molecule has 0 aromatic heterocycles. The first-order valence-corrected chi connectivity index (χ1v) is 19.9. The molecular weight excluding hydrogens is 630 g/mol. The van der Waals surface area contributed by atoms with Gasteiger partial charge in [0.1, 0.15) is 12.1 Å². The summed E-state index contributed by atoms with van der Waals surface area (Å²) in [6.45, 7) is 12.9. The van der Waals surface area contributed by atoms with E-state index in [0.717, 1.165) is 96.3 Å². The first-order valence-electron chi connectivity index (χ1n) is 19.9. The molecule has 5 amide bonds. The molecule has 4 N–H and O–H groups in total. The minimum Gasteiger partial charge on any atom is -0.346 e. The summed E-state index contributed by atoms with van der Waals surface area (Å²) < 4.78 is 0. The third kappa shape index (κ3) is 8.93. The summed E-state index contributed by atoms with van der Waals surface area (Å²) >= 11 is 0. The number of likely N-dealkylation sites (tertiary alicyclic amines) is 1. The smallest absolute Gasteiger partial charge is 0.315 e. The normalized spacial score (nSPS) is 26.7. The van der Waals surface area contributed by atoms with Crippen LogP contribution in [0.2, 0.25) is 0 Å². The summed E-state index contributed by atoms with van der Waals surface area (Å²) in [7, 11) is 0. The Morgan fingerprint density at radius 1 is 0.900 bits per heavy atom. The number of hydrogen-bond donors (Lipinski definition) is 4. The molecule has 280 valence electrons. The quantitative estimate of drug-likeness (QED) is 0.132. The SMILES string of the molecule is C=CCNC(=O)C(=O)C(CCC)NC(=O)[C@@H]1[C@H]2CCC3(CC3)[C@H]2CN1C(=O)[C@@H](NC(=O)NC1(CCC(C)(C)C)CCCCC1)C1CCCCC1. The minimum absolute atomic E-state index is 0.000826. The number of amides is 5. The Morgan fingerprint density at radius 3 is 2.20 bits per heavy atom. The van der Waals surface area contributed by atoms with Crippen LogP contribution in [0.5, 0.6) is 0 Å². The van der Waals surface area contributed by atoms with Gasteiger partial charge in [-0.1, -0.05) is 78.7 Å². The fourth-order valence-corrected chi connectivity index (χ4v) is 9.85. The number of ketones is 1. The number of hydrogen-bond acceptors (Lipinski definition) is 5. The van der Waals surface area contributed by atoms with E-state index < -0.39 is 29.8 Å². The van der Waals surface area contributed by atoms with Crippen LogP contribution in [0.1, 0.15) is 143 Å². The van der Waals surface area contributed by atoms with Crippen molar-refractivity contribution in [3.63, 3.8) is 0 Å². The van der Waals surface area contributed by atoms with Crippen LogP contribution in [0.4, 0.5) is 4.79 Å². The lowest BCUT2D eigenvalue weighted by Gasteiger charge is -2.41. The summed E-state index contributed by atoms with van der Waals surface area (Å²) in [4.78, 5) is 70.8. The molecule has 5 fully saturated rings. The van der Waals surface area contributed by atoms with Gasteiger partial charge in [-0.25, -0.2) is 4.79 Å². The van der Waals surface area contributed by atoms with Gasteiger partial charge in [-0.3, -0.25) is 19.2 Å². The van der Waals surface area contributed by atoms with Crippen molar-refractivity contribution in [2.75, 3.05) is 13.1 Å². The Labute approximate surface area is 300 Å². The van der Waals surface area contributed by atoms with Crippen LogP contribution in [-0.4, -0.2) is 71.2 Å². The summed E-state index contributed by atoms with van der Waals surface area (Å²) in [6.07, 6.45) is 18.6. The number of nitrogens with zero attached hydrogens (tertiary/aromatic N) is 1. The van der Waals surface area contributed by atoms with Gasteiger partial charge in [0.25, 0.3) is 5.91 Å². The molecule has 1 aliphatic heterocycles. The molecule has 4 aliphatic carbocycles. The van der Waals surface area contributed by atoms with E-state index in [-0.39, 0.29) is 58.5 Å². The molecule has 5 rings (SSSR count). The number of Topliss-reactive ketones (excluding diaryl/α,β-unsaturated/α-hetero) is 1. The molecule has 10 heteroatoms. The summed E-state index contributed by atoms with van der Waals surface area (Å²) in [5.41, 5.74) is 0.0642. The minimum atomic E-state index is -0.970. The highest BCUT2D eigenvalue weighted by atomic mass is 16.2. The highest BCUT2D eigenvalue weighted by molar-refractivity contribution is 6.38. The van der Waals surface area contributed by atoms with Gasteiger partial charge in [0, 0.05) is 18.6 Å². The molecule has 5 aliphatic rings. The van der Waals surface area contributed by atoms with E-state index in [0.29, 0.717) is 19.4 Å². The fraction of sp³-hybridized carbons (Fsp3) is 0.825. The number of nitrogens with one attached hydrogen (secondary N) is 4. The second-order valence-corrected chi connectivity index (χ2v) is 17.7. The number of fused-ring (bicyclic) bond motifs is 2. The van der Waals surface area contributed by atoms with Gasteiger partial charge in [-0.05, 0) is 99.2 Å². The molecule has 1 unspecified atom stereocenters. The predicted molar refractivity (Wildman–Crippen MR) is 195 cm³/mol.